The van der Waals surface area contributed by atoms with Gasteiger partial charge >= 0.3 is 5.97 Å². The Balaban J connectivity index is 2.21. The van der Waals surface area contributed by atoms with E-state index in [0.717, 1.165) is 0 Å². The molecular formula is C12H14FNO3. The maximum atomic E-state index is 13.7. The molecule has 1 N–H and O–H groups in total. The van der Waals surface area contributed by atoms with Gasteiger partial charge in [-0.2, -0.15) is 0 Å². The highest BCUT2D eigenvalue weighted by molar-refractivity contribution is 5.68. The smallest absolute Gasteiger partial charge is 0.305 e. The van der Waals surface area contributed by atoms with Gasteiger partial charge in [-0.1, -0.05) is 12.1 Å². The second-order valence-electron chi connectivity index (χ2n) is 3.97. The Labute approximate surface area is 98.6 Å². The summed E-state index contributed by atoms with van der Waals surface area (Å²) in [6, 6.07) is 6.09. The summed E-state index contributed by atoms with van der Waals surface area (Å²) in [5.41, 5.74) is 0.446. The fraction of sp³-hybridized carbons (Fsp3) is 0.417. The lowest BCUT2D eigenvalue weighted by Crippen LogP contribution is -2.47. The van der Waals surface area contributed by atoms with Gasteiger partial charge in [-0.05, 0) is 12.1 Å². The average molecular weight is 239 g/mol. The Morgan fingerprint density at radius 3 is 3.00 bits per heavy atom. The highest BCUT2D eigenvalue weighted by atomic mass is 19.1. The number of para-hydroxylation sites is 1. The zero-order valence-electron chi connectivity index (χ0n) is 9.30. The minimum Gasteiger partial charge on any atom is -0.481 e. The molecule has 0 radical (unpaired) electrons. The van der Waals surface area contributed by atoms with Crippen molar-refractivity contribution in [2.45, 2.75) is 12.5 Å². The molecule has 1 atom stereocenters. The van der Waals surface area contributed by atoms with Crippen LogP contribution in [0.3, 0.4) is 0 Å². The number of ether oxygens (including phenoxy) is 1. The summed E-state index contributed by atoms with van der Waals surface area (Å²) in [5.74, 6) is -1.23. The van der Waals surface area contributed by atoms with Gasteiger partial charge in [0.05, 0.1) is 31.4 Å². The second-order valence-corrected chi connectivity index (χ2v) is 3.97. The monoisotopic (exact) mass is 239 g/mol. The molecule has 92 valence electrons. The molecule has 0 saturated carbocycles. The van der Waals surface area contributed by atoms with Crippen molar-refractivity contribution in [1.29, 1.82) is 0 Å². The summed E-state index contributed by atoms with van der Waals surface area (Å²) in [6.07, 6.45) is -0.0473. The lowest BCUT2D eigenvalue weighted by atomic mass is 10.1. The van der Waals surface area contributed by atoms with E-state index in [0.29, 0.717) is 25.4 Å². The largest absolute Gasteiger partial charge is 0.481 e. The Morgan fingerprint density at radius 2 is 2.29 bits per heavy atom. The van der Waals surface area contributed by atoms with Crippen molar-refractivity contribution < 1.29 is 19.0 Å². The van der Waals surface area contributed by atoms with Crippen LogP contribution < -0.4 is 4.90 Å². The van der Waals surface area contributed by atoms with Crippen LogP contribution in [0.4, 0.5) is 10.1 Å². The van der Waals surface area contributed by atoms with Crippen molar-refractivity contribution in [3.63, 3.8) is 0 Å². The zero-order chi connectivity index (χ0) is 12.3. The molecule has 2 rings (SSSR count). The van der Waals surface area contributed by atoms with E-state index in [-0.39, 0.29) is 18.3 Å². The van der Waals surface area contributed by atoms with Crippen LogP contribution in [0, 0.1) is 5.82 Å². The number of morpholine rings is 1. The molecular weight excluding hydrogens is 225 g/mol. The Hall–Kier alpha value is -1.62. The highest BCUT2D eigenvalue weighted by Crippen LogP contribution is 2.24. The number of hydrogen-bond donors (Lipinski definition) is 1. The van der Waals surface area contributed by atoms with Gasteiger partial charge in [0.15, 0.2) is 0 Å². The SMILES string of the molecule is O=C(O)CC1COCCN1c1ccccc1F. The van der Waals surface area contributed by atoms with Crippen LogP contribution in [-0.2, 0) is 9.53 Å². The first kappa shape index (κ1) is 11.9. The van der Waals surface area contributed by atoms with Crippen molar-refractivity contribution in [3.8, 4) is 0 Å². The number of carboxylic acid groups (broad SMARTS) is 1. The summed E-state index contributed by atoms with van der Waals surface area (Å²) in [4.78, 5) is 12.5. The van der Waals surface area contributed by atoms with E-state index in [4.69, 9.17) is 9.84 Å². The minimum absolute atomic E-state index is 0.0473. The van der Waals surface area contributed by atoms with Crippen LogP contribution in [0.5, 0.6) is 0 Å². The number of halogens is 1. The van der Waals surface area contributed by atoms with Crippen molar-refractivity contribution in [3.05, 3.63) is 30.1 Å². The molecule has 1 aliphatic rings. The Bertz CT molecular complexity index is 410. The summed E-state index contributed by atoms with van der Waals surface area (Å²) < 4.78 is 18.9. The fourth-order valence-electron chi connectivity index (χ4n) is 2.03. The molecule has 4 nitrogen and oxygen atoms in total. The third-order valence-corrected chi connectivity index (χ3v) is 2.80. The first-order valence-corrected chi connectivity index (χ1v) is 5.49. The number of hydrogen-bond acceptors (Lipinski definition) is 3. The van der Waals surface area contributed by atoms with Crippen LogP contribution in [0.25, 0.3) is 0 Å². The van der Waals surface area contributed by atoms with Crippen LogP contribution in [0.2, 0.25) is 0 Å². The fourth-order valence-corrected chi connectivity index (χ4v) is 2.03. The van der Waals surface area contributed by atoms with Gasteiger partial charge in [-0.15, -0.1) is 0 Å². The van der Waals surface area contributed by atoms with Gasteiger partial charge in [-0.25, -0.2) is 4.39 Å². The third kappa shape index (κ3) is 2.74. The maximum absolute atomic E-state index is 13.7. The normalized spacial score (nSPS) is 20.3. The number of anilines is 1. The molecule has 1 fully saturated rings. The van der Waals surface area contributed by atoms with E-state index in [1.165, 1.54) is 6.07 Å². The standard InChI is InChI=1S/C12H14FNO3/c13-10-3-1-2-4-11(10)14-5-6-17-8-9(14)7-12(15)16/h1-4,9H,5-8H2,(H,15,16). The van der Waals surface area contributed by atoms with Crippen molar-refractivity contribution in [2.24, 2.45) is 0 Å². The summed E-state index contributed by atoms with van der Waals surface area (Å²) in [7, 11) is 0. The van der Waals surface area contributed by atoms with E-state index in [1.807, 2.05) is 0 Å². The predicted octanol–water partition coefficient (Wildman–Crippen LogP) is 1.51. The molecule has 1 aromatic carbocycles. The van der Waals surface area contributed by atoms with E-state index in [2.05, 4.69) is 0 Å². The van der Waals surface area contributed by atoms with Crippen molar-refractivity contribution in [2.75, 3.05) is 24.7 Å². The Morgan fingerprint density at radius 1 is 1.53 bits per heavy atom. The lowest BCUT2D eigenvalue weighted by molar-refractivity contribution is -0.138. The predicted molar refractivity (Wildman–Crippen MR) is 60.6 cm³/mol. The molecule has 1 saturated heterocycles. The van der Waals surface area contributed by atoms with Gasteiger partial charge in [-0.3, -0.25) is 4.79 Å². The van der Waals surface area contributed by atoms with Crippen LogP contribution in [0.15, 0.2) is 24.3 Å². The molecule has 0 aliphatic carbocycles. The molecule has 1 aliphatic heterocycles. The molecule has 17 heavy (non-hydrogen) atoms. The molecule has 0 aromatic heterocycles. The quantitative estimate of drug-likeness (QED) is 0.868. The van der Waals surface area contributed by atoms with Gasteiger partial charge in [0.1, 0.15) is 5.82 Å². The highest BCUT2D eigenvalue weighted by Gasteiger charge is 2.26. The molecule has 1 aromatic rings. The van der Waals surface area contributed by atoms with Crippen LogP contribution >= 0.6 is 0 Å². The summed E-state index contributed by atoms with van der Waals surface area (Å²) in [6.45, 7) is 1.32. The number of nitrogens with zero attached hydrogens (tertiary/aromatic N) is 1. The first-order chi connectivity index (χ1) is 8.18. The topological polar surface area (TPSA) is 49.8 Å². The van der Waals surface area contributed by atoms with Gasteiger partial charge in [0.25, 0.3) is 0 Å². The number of benzene rings is 1. The molecule has 0 amide bonds. The van der Waals surface area contributed by atoms with E-state index < -0.39 is 5.97 Å². The Kier molecular flexibility index (Phi) is 3.58. The number of rotatable bonds is 3. The molecule has 1 unspecified atom stereocenters. The average Bonchev–Trinajstić information content (AvgIpc) is 2.30. The number of carbonyl (C=O) groups is 1. The third-order valence-electron chi connectivity index (χ3n) is 2.80. The molecule has 5 heteroatoms. The maximum Gasteiger partial charge on any atom is 0.305 e. The summed E-state index contributed by atoms with van der Waals surface area (Å²) in [5, 5.41) is 8.82. The van der Waals surface area contributed by atoms with Gasteiger partial charge < -0.3 is 14.7 Å². The molecule has 0 bridgehead atoms. The van der Waals surface area contributed by atoms with E-state index in [1.54, 1.807) is 23.1 Å². The van der Waals surface area contributed by atoms with Crippen LogP contribution in [-0.4, -0.2) is 36.9 Å². The van der Waals surface area contributed by atoms with Gasteiger partial charge in [0, 0.05) is 6.54 Å². The van der Waals surface area contributed by atoms with Crippen molar-refractivity contribution >= 4 is 11.7 Å². The van der Waals surface area contributed by atoms with Crippen LogP contribution in [0.1, 0.15) is 6.42 Å². The lowest BCUT2D eigenvalue weighted by Gasteiger charge is -2.36. The van der Waals surface area contributed by atoms with E-state index in [9.17, 15) is 9.18 Å². The number of carboxylic acids is 1. The van der Waals surface area contributed by atoms with Gasteiger partial charge in [0.2, 0.25) is 0 Å². The minimum atomic E-state index is -0.901. The zero-order valence-corrected chi connectivity index (χ0v) is 9.30. The molecule has 0 spiro atoms. The summed E-state index contributed by atoms with van der Waals surface area (Å²) >= 11 is 0. The molecule has 1 heterocycles. The van der Waals surface area contributed by atoms with Crippen molar-refractivity contribution in [1.82, 2.24) is 0 Å². The number of aliphatic carboxylic acids is 1. The second kappa shape index (κ2) is 5.14. The first-order valence-electron chi connectivity index (χ1n) is 5.49. The van der Waals surface area contributed by atoms with E-state index >= 15 is 0 Å².